The first-order valence-corrected chi connectivity index (χ1v) is 12.4. The van der Waals surface area contributed by atoms with Gasteiger partial charge in [0, 0.05) is 29.2 Å². The summed E-state index contributed by atoms with van der Waals surface area (Å²) in [6.07, 6.45) is 0. The van der Waals surface area contributed by atoms with E-state index in [0.29, 0.717) is 0 Å². The first-order chi connectivity index (χ1) is 6.93. The number of hydrogen-bond donors (Lipinski definition) is 0. The van der Waals surface area contributed by atoms with Crippen LogP contribution >= 0.6 is 0 Å². The van der Waals surface area contributed by atoms with Crippen LogP contribution in [0.2, 0.25) is 0 Å². The van der Waals surface area contributed by atoms with Crippen LogP contribution in [0.4, 0.5) is 0 Å². The zero-order valence-corrected chi connectivity index (χ0v) is 18.8. The van der Waals surface area contributed by atoms with Crippen molar-refractivity contribution in [1.29, 1.82) is 0 Å². The second-order valence-electron chi connectivity index (χ2n) is 0.756. The van der Waals surface area contributed by atoms with E-state index in [2.05, 4.69) is 0 Å². The van der Waals surface area contributed by atoms with Crippen LogP contribution in [0.25, 0.3) is 0 Å². The van der Waals surface area contributed by atoms with Gasteiger partial charge in [-0.15, -0.1) is 0 Å². The van der Waals surface area contributed by atoms with Gasteiger partial charge in [-0.05, 0) is 0 Å². The summed E-state index contributed by atoms with van der Waals surface area (Å²) in [4.78, 5) is 0. The second-order valence-corrected chi connectivity index (χ2v) is 5.07. The fraction of sp³-hybridized carbons (Fsp3) is 0. The Kier molecular flexibility index (Phi) is 52.8. The Labute approximate surface area is 152 Å². The summed E-state index contributed by atoms with van der Waals surface area (Å²) in [7, 11) is 0. The minimum atomic E-state index is -4.01. The molecule has 0 aromatic carbocycles. The van der Waals surface area contributed by atoms with Crippen LogP contribution < -0.4 is 125 Å². The molecule has 0 aromatic heterocycles. The smallest absolute Gasteiger partial charge is 0.282 e. The summed E-state index contributed by atoms with van der Waals surface area (Å²) < 4.78 is 103. The standard InChI is InChI=1S/4IO3.Pu/c4*2-1(3)4;/q4*-1;. The SMILES string of the molecule is [O-][I+2]([O-])[O-].[O-][I+2]([O-])[O-].[O-][I+2]([O-])[O-].[O-][I+2]([O-])[O-].[Pu]. The van der Waals surface area contributed by atoms with Crippen molar-refractivity contribution in [3.63, 3.8) is 0 Å². The summed E-state index contributed by atoms with van der Waals surface area (Å²) in [6, 6.07) is 0. The van der Waals surface area contributed by atoms with Gasteiger partial charge < -0.3 is 41.2 Å². The molecule has 0 rings (SSSR count). The Morgan fingerprint density at radius 2 is 0.294 bits per heavy atom. The van der Waals surface area contributed by atoms with Crippen LogP contribution in [0, 0.1) is 29.2 Å². The maximum Gasteiger partial charge on any atom is 0.282 e. The minimum absolute atomic E-state index is 0. The maximum atomic E-state index is 8.57. The molecule has 0 radical (unpaired) electrons. The third-order valence-electron chi connectivity index (χ3n) is 0. The molecule has 0 amide bonds. The Morgan fingerprint density at radius 3 is 0.294 bits per heavy atom. The van der Waals surface area contributed by atoms with Crippen molar-refractivity contribution in [2.45, 2.75) is 0 Å². The van der Waals surface area contributed by atoms with Crippen LogP contribution in [0.3, 0.4) is 0 Å². The van der Waals surface area contributed by atoms with Gasteiger partial charge in [-0.3, -0.25) is 0 Å². The molecule has 0 aliphatic rings. The topological polar surface area (TPSA) is 277 Å². The summed E-state index contributed by atoms with van der Waals surface area (Å²) in [5.41, 5.74) is 0. The first kappa shape index (κ1) is 32.4. The van der Waals surface area contributed by atoms with Crippen LogP contribution in [0.15, 0.2) is 0 Å². The molecule has 0 aliphatic carbocycles. The summed E-state index contributed by atoms with van der Waals surface area (Å²) in [5.74, 6) is 0. The molecule has 12 nitrogen and oxygen atoms in total. The van der Waals surface area contributed by atoms with Crippen LogP contribution in [0.5, 0.6) is 0 Å². The molecule has 0 heterocycles. The summed E-state index contributed by atoms with van der Waals surface area (Å²) >= 11 is -16.1. The molecule has 0 atom stereocenters. The third-order valence-corrected chi connectivity index (χ3v) is 0. The van der Waals surface area contributed by atoms with Gasteiger partial charge in [0.2, 0.25) is 0 Å². The maximum absolute atomic E-state index is 8.57. The molecule has 17 heavy (non-hydrogen) atoms. The van der Waals surface area contributed by atoms with E-state index >= 15 is 0 Å². The first-order valence-electron chi connectivity index (χ1n) is 1.85. The minimum Gasteiger partial charge on any atom is -0.427 e. The van der Waals surface area contributed by atoms with E-state index in [0.717, 1.165) is 0 Å². The Hall–Kier alpha value is 3.43. The molecule has 0 saturated carbocycles. The van der Waals surface area contributed by atoms with Gasteiger partial charge in [-0.25, -0.2) is 0 Å². The normalized spacial score (nSPS) is 8.47. The molecule has 0 bridgehead atoms. The Bertz CT molecular complexity index is 61.5. The van der Waals surface area contributed by atoms with Crippen molar-refractivity contribution >= 4 is 0 Å². The van der Waals surface area contributed by atoms with Crippen molar-refractivity contribution in [3.05, 3.63) is 0 Å². The molecule has 0 fully saturated rings. The largest absolute Gasteiger partial charge is 0.427 e. The van der Waals surface area contributed by atoms with Gasteiger partial charge in [-0.2, -0.15) is 0 Å². The fourth-order valence-electron chi connectivity index (χ4n) is 0. The van der Waals surface area contributed by atoms with E-state index in [1.165, 1.54) is 0 Å². The quantitative estimate of drug-likeness (QED) is 0.205. The Balaban J connectivity index is -0.0000000369. The van der Waals surface area contributed by atoms with Crippen molar-refractivity contribution in [1.82, 2.24) is 0 Å². The molecular weight excluding hydrogens is 944 g/mol. The monoisotopic (exact) mass is 938 g/mol. The van der Waals surface area contributed by atoms with E-state index in [-0.39, 0.29) is 29.2 Å². The summed E-state index contributed by atoms with van der Waals surface area (Å²) in [6.45, 7) is 0. The number of halogens is 4. The molecule has 0 aromatic rings. The molecule has 0 spiro atoms. The Morgan fingerprint density at radius 1 is 0.294 bits per heavy atom. The molecule has 110 valence electrons. The van der Waals surface area contributed by atoms with Crippen molar-refractivity contribution in [3.8, 4) is 0 Å². The number of rotatable bonds is 0. The van der Waals surface area contributed by atoms with Crippen LogP contribution in [0.1, 0.15) is 0 Å². The fourth-order valence-corrected chi connectivity index (χ4v) is 0. The molecule has 0 unspecified atom stereocenters. The van der Waals surface area contributed by atoms with Gasteiger partial charge in [0.1, 0.15) is 0 Å². The van der Waals surface area contributed by atoms with Crippen molar-refractivity contribution in [2.24, 2.45) is 0 Å². The van der Waals surface area contributed by atoms with E-state index in [1.54, 1.807) is 0 Å². The van der Waals surface area contributed by atoms with Gasteiger partial charge in [0.15, 0.2) is 0 Å². The summed E-state index contributed by atoms with van der Waals surface area (Å²) in [5, 5.41) is 0. The van der Waals surface area contributed by atoms with E-state index in [9.17, 15) is 0 Å². The van der Waals surface area contributed by atoms with Crippen LogP contribution in [-0.4, -0.2) is 0 Å². The van der Waals surface area contributed by atoms with E-state index in [4.69, 9.17) is 41.2 Å². The predicted octanol–water partition coefficient (Wildman–Crippen LogP) is -26.3. The molecule has 17 heteroatoms. The molecule has 0 aliphatic heterocycles. The number of hydrogen-bond acceptors (Lipinski definition) is 12. The third kappa shape index (κ3) is 502. The van der Waals surface area contributed by atoms with Crippen molar-refractivity contribution < 1.29 is 155 Å². The zero-order chi connectivity index (χ0) is 14.3. The molecule has 0 saturated heterocycles. The predicted molar refractivity (Wildman–Crippen MR) is 0 cm³/mol. The molecular formula is I4O12Pu-4. The van der Waals surface area contributed by atoms with E-state index in [1.807, 2.05) is 0 Å². The average Bonchev–Trinajstić information content (AvgIpc) is 1.76. The van der Waals surface area contributed by atoms with Crippen LogP contribution in [-0.2, 0) is 0 Å². The van der Waals surface area contributed by atoms with E-state index < -0.39 is 84.3 Å². The van der Waals surface area contributed by atoms with Gasteiger partial charge in [0.25, 0.3) is 84.3 Å². The average molecular weight is 944 g/mol. The van der Waals surface area contributed by atoms with Crippen molar-refractivity contribution in [2.75, 3.05) is 0 Å². The zero-order valence-electron chi connectivity index (χ0n) is 6.82. The molecule has 0 N–H and O–H groups in total. The van der Waals surface area contributed by atoms with Gasteiger partial charge in [0.05, 0.1) is 0 Å². The second kappa shape index (κ2) is 27.7. The van der Waals surface area contributed by atoms with Gasteiger partial charge >= 0.3 is 0 Å². The van der Waals surface area contributed by atoms with Gasteiger partial charge in [-0.1, -0.05) is 0 Å².